The number of methoxy groups -OCH3 is 1. The van der Waals surface area contributed by atoms with Crippen molar-refractivity contribution in [2.75, 3.05) is 50.1 Å². The van der Waals surface area contributed by atoms with Crippen LogP contribution in [0, 0.1) is 28.9 Å². The Kier molecular flexibility index (Phi) is 12.7. The molecule has 0 saturated carbocycles. The van der Waals surface area contributed by atoms with Crippen LogP contribution in [0.3, 0.4) is 0 Å². The van der Waals surface area contributed by atoms with Gasteiger partial charge in [0, 0.05) is 38.9 Å². The molecule has 4 saturated heterocycles. The number of ether oxygens (including phenoxy) is 1. The summed E-state index contributed by atoms with van der Waals surface area (Å²) in [7, 11) is 2.70. The maximum absolute atomic E-state index is 16.3. The SMILES string of the molecule is COC(=O)N[C@H](C(=O)N1CCC[C@H]1c1nc2ccc([C@H]3CC[C@H](c4ccc5nc([C@@H]6CCCN6C(=O)[C@H](C(C)C)N(C)C(=O)O)[nH]c5c4)N3c3cc(F)c(N4CC(C)(C)C4)c(F)c3)cc2[nH]1)C(C)C. The molecule has 0 aliphatic carbocycles. The number of anilines is 2. The van der Waals surface area contributed by atoms with Gasteiger partial charge in [-0.1, -0.05) is 53.7 Å². The van der Waals surface area contributed by atoms with Gasteiger partial charge in [-0.25, -0.2) is 28.3 Å². The van der Waals surface area contributed by atoms with Crippen LogP contribution in [-0.2, 0) is 14.3 Å². The average molecular weight is 951 g/mol. The van der Waals surface area contributed by atoms with Crippen LogP contribution in [0.1, 0.15) is 127 Å². The minimum absolute atomic E-state index is 0.0165. The van der Waals surface area contributed by atoms with Gasteiger partial charge in [0.25, 0.3) is 0 Å². The second-order valence-electron chi connectivity index (χ2n) is 20.9. The molecule has 4 aliphatic heterocycles. The summed E-state index contributed by atoms with van der Waals surface area (Å²) in [4.78, 5) is 77.4. The van der Waals surface area contributed by atoms with Crippen LogP contribution < -0.4 is 15.1 Å². The zero-order valence-corrected chi connectivity index (χ0v) is 40.7. The lowest BCUT2D eigenvalue weighted by Crippen LogP contribution is -2.53. The van der Waals surface area contributed by atoms with Crippen LogP contribution in [0.15, 0.2) is 48.5 Å². The summed E-state index contributed by atoms with van der Waals surface area (Å²) in [5, 5.41) is 12.5. The Balaban J connectivity index is 1.04. The van der Waals surface area contributed by atoms with E-state index in [2.05, 4.69) is 34.0 Å². The Bertz CT molecular complexity index is 2760. The van der Waals surface area contributed by atoms with E-state index < -0.39 is 35.9 Å². The molecule has 0 spiro atoms. The third-order valence-corrected chi connectivity index (χ3v) is 14.8. The fraction of sp³-hybridized carbons (Fsp3) is 0.529. The molecule has 4 fully saturated rings. The number of aromatic nitrogens is 4. The number of amides is 4. The highest BCUT2D eigenvalue weighted by molar-refractivity contribution is 5.87. The first-order valence-electron chi connectivity index (χ1n) is 24.3. The van der Waals surface area contributed by atoms with E-state index in [1.807, 2.05) is 64.1 Å². The van der Waals surface area contributed by atoms with Gasteiger partial charge in [0.1, 0.15) is 29.4 Å². The third-order valence-electron chi connectivity index (χ3n) is 14.8. The van der Waals surface area contributed by atoms with E-state index in [-0.39, 0.29) is 58.9 Å². The van der Waals surface area contributed by atoms with Gasteiger partial charge in [-0.3, -0.25) is 14.5 Å². The van der Waals surface area contributed by atoms with Crippen molar-refractivity contribution in [1.82, 2.24) is 40.0 Å². The quantitative estimate of drug-likeness (QED) is 0.0942. The third kappa shape index (κ3) is 8.90. The van der Waals surface area contributed by atoms with Crippen molar-refractivity contribution >= 4 is 57.4 Å². The largest absolute Gasteiger partial charge is 0.465 e. The molecule has 4 N–H and O–H groups in total. The van der Waals surface area contributed by atoms with E-state index in [9.17, 15) is 24.3 Å². The van der Waals surface area contributed by atoms with Gasteiger partial charge < -0.3 is 44.7 Å². The molecule has 16 nitrogen and oxygen atoms in total. The number of carbonyl (C=O) groups excluding carboxylic acids is 3. The molecular formula is C51H64F2N10O6. The van der Waals surface area contributed by atoms with E-state index in [1.54, 1.807) is 14.7 Å². The van der Waals surface area contributed by atoms with Gasteiger partial charge >= 0.3 is 12.2 Å². The number of hydrogen-bond donors (Lipinski definition) is 4. The van der Waals surface area contributed by atoms with Crippen LogP contribution in [0.5, 0.6) is 0 Å². The Morgan fingerprint density at radius 1 is 0.768 bits per heavy atom. The molecule has 368 valence electrons. The number of fused-ring (bicyclic) bond motifs is 2. The summed E-state index contributed by atoms with van der Waals surface area (Å²) in [5.74, 6) is -0.823. The smallest absolute Gasteiger partial charge is 0.407 e. The van der Waals surface area contributed by atoms with Gasteiger partial charge in [-0.15, -0.1) is 0 Å². The number of hydrogen-bond acceptors (Lipinski definition) is 9. The number of likely N-dealkylation sites (N-methyl/N-ethyl adjacent to an activating group) is 1. The van der Waals surface area contributed by atoms with Gasteiger partial charge in [0.15, 0.2) is 11.6 Å². The Morgan fingerprint density at radius 3 is 1.72 bits per heavy atom. The Labute approximate surface area is 400 Å². The number of carboxylic acid groups (broad SMARTS) is 1. The van der Waals surface area contributed by atoms with Gasteiger partial charge in [-0.2, -0.15) is 0 Å². The molecule has 2 aromatic heterocycles. The van der Waals surface area contributed by atoms with Crippen molar-refractivity contribution in [3.05, 3.63) is 82.9 Å². The zero-order valence-electron chi connectivity index (χ0n) is 40.7. The molecule has 69 heavy (non-hydrogen) atoms. The molecular weight excluding hydrogens is 887 g/mol. The predicted molar refractivity (Wildman–Crippen MR) is 258 cm³/mol. The normalized spacial score (nSPS) is 22.2. The summed E-state index contributed by atoms with van der Waals surface area (Å²) in [6, 6.07) is 12.0. The molecule has 6 atom stereocenters. The number of nitrogens with zero attached hydrogens (tertiary/aromatic N) is 7. The number of rotatable bonds is 12. The second kappa shape index (κ2) is 18.5. The number of imidazole rings is 2. The fourth-order valence-corrected chi connectivity index (χ4v) is 11.5. The first-order chi connectivity index (χ1) is 32.8. The molecule has 5 aromatic rings. The molecule has 6 heterocycles. The van der Waals surface area contributed by atoms with Crippen LogP contribution >= 0.6 is 0 Å². The molecule has 0 radical (unpaired) electrons. The number of aromatic amines is 2. The summed E-state index contributed by atoms with van der Waals surface area (Å²) >= 11 is 0. The van der Waals surface area contributed by atoms with E-state index >= 15 is 8.78 Å². The van der Waals surface area contributed by atoms with Crippen molar-refractivity contribution in [2.45, 2.75) is 116 Å². The van der Waals surface area contributed by atoms with Crippen molar-refractivity contribution in [2.24, 2.45) is 17.3 Å². The van der Waals surface area contributed by atoms with Crippen molar-refractivity contribution in [1.29, 1.82) is 0 Å². The number of nitrogens with one attached hydrogen (secondary N) is 3. The second-order valence-corrected chi connectivity index (χ2v) is 20.9. The summed E-state index contributed by atoms with van der Waals surface area (Å²) in [6.45, 7) is 13.7. The minimum atomic E-state index is -1.16. The predicted octanol–water partition coefficient (Wildman–Crippen LogP) is 8.99. The summed E-state index contributed by atoms with van der Waals surface area (Å²) in [5.41, 5.74) is 5.17. The Morgan fingerprint density at radius 2 is 1.28 bits per heavy atom. The number of alkyl carbamates (subject to hydrolysis) is 1. The number of likely N-dealkylation sites (tertiary alicyclic amines) is 2. The number of carbonyl (C=O) groups is 4. The number of halogens is 2. The zero-order chi connectivity index (χ0) is 49.2. The van der Waals surface area contributed by atoms with Crippen LogP contribution in [0.4, 0.5) is 29.7 Å². The molecule has 3 aromatic carbocycles. The maximum atomic E-state index is 16.3. The molecule has 4 amide bonds. The van der Waals surface area contributed by atoms with Crippen molar-refractivity contribution < 1.29 is 37.8 Å². The summed E-state index contributed by atoms with van der Waals surface area (Å²) < 4.78 is 37.5. The van der Waals surface area contributed by atoms with Crippen LogP contribution in [-0.4, -0.2) is 116 Å². The minimum Gasteiger partial charge on any atom is -0.465 e. The lowest BCUT2D eigenvalue weighted by atomic mass is 9.84. The topological polar surface area (TPSA) is 183 Å². The lowest BCUT2D eigenvalue weighted by molar-refractivity contribution is -0.138. The lowest BCUT2D eigenvalue weighted by Gasteiger charge is -2.47. The first kappa shape index (κ1) is 47.6. The number of H-pyrrole nitrogens is 2. The molecule has 0 bridgehead atoms. The van der Waals surface area contributed by atoms with Gasteiger partial charge in [-0.05, 0) is 103 Å². The average Bonchev–Trinajstić information content (AvgIpc) is 4.14. The van der Waals surface area contributed by atoms with E-state index in [4.69, 9.17) is 14.7 Å². The molecule has 0 unspecified atom stereocenters. The van der Waals surface area contributed by atoms with Crippen molar-refractivity contribution in [3.8, 4) is 0 Å². The molecule has 4 aliphatic rings. The molecule has 18 heteroatoms. The Hall–Kier alpha value is -6.46. The highest BCUT2D eigenvalue weighted by atomic mass is 19.1. The van der Waals surface area contributed by atoms with Crippen LogP contribution in [0.25, 0.3) is 22.1 Å². The number of benzene rings is 3. The van der Waals surface area contributed by atoms with Gasteiger partial charge in [0.05, 0.1) is 53.3 Å². The maximum Gasteiger partial charge on any atom is 0.407 e. The van der Waals surface area contributed by atoms with E-state index in [0.29, 0.717) is 74.7 Å². The van der Waals surface area contributed by atoms with E-state index in [1.165, 1.54) is 26.3 Å². The van der Waals surface area contributed by atoms with Crippen molar-refractivity contribution in [3.63, 3.8) is 0 Å². The van der Waals surface area contributed by atoms with Crippen LogP contribution in [0.2, 0.25) is 0 Å². The van der Waals surface area contributed by atoms with E-state index in [0.717, 1.165) is 45.4 Å². The first-order valence-corrected chi connectivity index (χ1v) is 24.3. The molecule has 9 rings (SSSR count). The summed E-state index contributed by atoms with van der Waals surface area (Å²) in [6.07, 6.45) is 2.41. The highest BCUT2D eigenvalue weighted by Crippen LogP contribution is 2.49. The monoisotopic (exact) mass is 950 g/mol. The van der Waals surface area contributed by atoms with Gasteiger partial charge in [0.2, 0.25) is 11.8 Å². The standard InChI is InChI=1S/C51H64F2N10O6/c1-27(2)42(58-49(66)69-8)47(64)61-19-9-11-40(61)45-54-34-15-13-29(21-36(34)56-45)38-17-18-39(63(38)31-23-32(52)44(33(53)24-31)60-25-51(5,6)26-60)30-14-16-35-37(22-30)57-46(55-35)41-12-10-20-62(41)48(65)43(28(3)4)59(7)50(67)68/h13-16,21-24,27-28,38-43H,9-12,17-20,25-26H2,1-8H3,(H,54,56)(H,55,57)(H,58,66)(H,67,68)/t38-,39-,40+,41+,42+,43+/m1/s1. The highest BCUT2D eigenvalue weighted by Gasteiger charge is 2.43. The fourth-order valence-electron chi connectivity index (χ4n) is 11.5.